The van der Waals surface area contributed by atoms with Gasteiger partial charge in [-0.1, -0.05) is 0 Å². The number of carbonyl (C=O) groups is 1. The smallest absolute Gasteiger partial charge is 0.406 e. The average molecular weight is 278 g/mol. The minimum Gasteiger partial charge on any atom is -0.481 e. The molecule has 1 rings (SSSR count). The highest BCUT2D eigenvalue weighted by atomic mass is 19.4. The third-order valence-electron chi connectivity index (χ3n) is 2.70. The number of rotatable bonds is 4. The molecule has 0 bridgehead atoms. The topological polar surface area (TPSA) is 72.2 Å². The molecule has 5 nitrogen and oxygen atoms in total. The molecular weight excluding hydrogens is 265 g/mol. The van der Waals surface area contributed by atoms with E-state index in [9.17, 15) is 22.8 Å². The number of aromatic nitrogens is 2. The maximum Gasteiger partial charge on any atom is 0.406 e. The molecule has 0 unspecified atom stereocenters. The molecule has 1 N–H and O–H groups in total. The Morgan fingerprint density at radius 3 is 2.42 bits per heavy atom. The molecule has 0 saturated heterocycles. The Morgan fingerprint density at radius 1 is 1.37 bits per heavy atom. The van der Waals surface area contributed by atoms with Gasteiger partial charge in [-0.05, 0) is 25.8 Å². The lowest BCUT2D eigenvalue weighted by Gasteiger charge is -2.16. The zero-order valence-electron chi connectivity index (χ0n) is 10.4. The van der Waals surface area contributed by atoms with Crippen molar-refractivity contribution in [1.82, 2.24) is 9.55 Å². The molecule has 0 amide bonds. The van der Waals surface area contributed by atoms with Crippen molar-refractivity contribution in [3.8, 4) is 0 Å². The molecule has 1 aromatic heterocycles. The molecule has 0 aliphatic rings. The Balaban J connectivity index is 3.22. The van der Waals surface area contributed by atoms with Gasteiger partial charge in [0.1, 0.15) is 6.54 Å². The third kappa shape index (κ3) is 4.08. The normalized spacial score (nSPS) is 11.6. The fraction of sp³-hybridized carbons (Fsp3) is 0.545. The van der Waals surface area contributed by atoms with E-state index in [1.807, 2.05) is 0 Å². The molecule has 0 saturated carbocycles. The van der Waals surface area contributed by atoms with Crippen LogP contribution in [0.15, 0.2) is 4.79 Å². The quantitative estimate of drug-likeness (QED) is 0.904. The van der Waals surface area contributed by atoms with Crippen molar-refractivity contribution in [2.24, 2.45) is 0 Å². The molecule has 0 aliphatic carbocycles. The Morgan fingerprint density at radius 2 is 1.95 bits per heavy atom. The van der Waals surface area contributed by atoms with Crippen LogP contribution in [-0.4, -0.2) is 26.8 Å². The summed E-state index contributed by atoms with van der Waals surface area (Å²) >= 11 is 0. The van der Waals surface area contributed by atoms with Crippen LogP contribution in [0.1, 0.15) is 23.4 Å². The number of carboxylic acid groups (broad SMARTS) is 1. The summed E-state index contributed by atoms with van der Waals surface area (Å²) in [5.41, 5.74) is -0.240. The number of aliphatic carboxylic acids is 1. The van der Waals surface area contributed by atoms with Crippen molar-refractivity contribution in [3.05, 3.63) is 27.4 Å². The number of halogens is 3. The van der Waals surface area contributed by atoms with Crippen LogP contribution in [0.4, 0.5) is 13.2 Å². The molecule has 1 heterocycles. The van der Waals surface area contributed by atoms with Crippen LogP contribution in [0.2, 0.25) is 0 Å². The molecule has 0 spiro atoms. The van der Waals surface area contributed by atoms with Gasteiger partial charge in [-0.3, -0.25) is 9.36 Å². The van der Waals surface area contributed by atoms with Crippen LogP contribution in [0.3, 0.4) is 0 Å². The summed E-state index contributed by atoms with van der Waals surface area (Å²) in [6, 6.07) is 0. The van der Waals surface area contributed by atoms with Crippen molar-refractivity contribution in [2.45, 2.75) is 39.4 Å². The molecular formula is C11H13F3N2O3. The van der Waals surface area contributed by atoms with E-state index in [0.29, 0.717) is 10.1 Å². The Bertz CT molecular complexity index is 549. The summed E-state index contributed by atoms with van der Waals surface area (Å²) in [7, 11) is 0. The Hall–Kier alpha value is -1.86. The largest absolute Gasteiger partial charge is 0.481 e. The SMILES string of the molecule is Cc1nc(=O)n(CC(F)(F)F)c(C)c1CCC(=O)O. The lowest BCUT2D eigenvalue weighted by molar-refractivity contribution is -0.142. The highest BCUT2D eigenvalue weighted by molar-refractivity contribution is 5.67. The fourth-order valence-electron chi connectivity index (χ4n) is 1.80. The molecule has 0 atom stereocenters. The number of hydrogen-bond donors (Lipinski definition) is 1. The minimum absolute atomic E-state index is 0.0398. The van der Waals surface area contributed by atoms with Gasteiger partial charge in [0.05, 0.1) is 0 Å². The number of carboxylic acids is 1. The van der Waals surface area contributed by atoms with E-state index in [0.717, 1.165) is 0 Å². The van der Waals surface area contributed by atoms with Crippen molar-refractivity contribution < 1.29 is 23.1 Å². The first-order chi connectivity index (χ1) is 8.61. The summed E-state index contributed by atoms with van der Waals surface area (Å²) in [6.45, 7) is 1.41. The van der Waals surface area contributed by atoms with Gasteiger partial charge in [-0.25, -0.2) is 4.79 Å². The van der Waals surface area contributed by atoms with Crippen molar-refractivity contribution >= 4 is 5.97 Å². The molecule has 0 radical (unpaired) electrons. The first kappa shape index (κ1) is 15.2. The van der Waals surface area contributed by atoms with Crippen LogP contribution in [0.5, 0.6) is 0 Å². The summed E-state index contributed by atoms with van der Waals surface area (Å²) in [4.78, 5) is 25.5. The van der Waals surface area contributed by atoms with E-state index in [-0.39, 0.29) is 24.2 Å². The summed E-state index contributed by atoms with van der Waals surface area (Å²) in [5.74, 6) is -1.06. The van der Waals surface area contributed by atoms with Crippen LogP contribution >= 0.6 is 0 Å². The van der Waals surface area contributed by atoms with Crippen LogP contribution in [0.25, 0.3) is 0 Å². The van der Waals surface area contributed by atoms with Crippen LogP contribution in [-0.2, 0) is 17.8 Å². The van der Waals surface area contributed by atoms with Gasteiger partial charge in [-0.2, -0.15) is 18.2 Å². The van der Waals surface area contributed by atoms with Crippen molar-refractivity contribution in [2.75, 3.05) is 0 Å². The highest BCUT2D eigenvalue weighted by Gasteiger charge is 2.30. The number of hydrogen-bond acceptors (Lipinski definition) is 3. The van der Waals surface area contributed by atoms with E-state index in [2.05, 4.69) is 4.98 Å². The van der Waals surface area contributed by atoms with E-state index >= 15 is 0 Å². The van der Waals surface area contributed by atoms with Gasteiger partial charge in [-0.15, -0.1) is 0 Å². The lowest BCUT2D eigenvalue weighted by Crippen LogP contribution is -2.33. The molecule has 8 heteroatoms. The first-order valence-corrected chi connectivity index (χ1v) is 5.47. The van der Waals surface area contributed by atoms with Gasteiger partial charge < -0.3 is 5.11 Å². The molecule has 0 aliphatic heterocycles. The molecule has 19 heavy (non-hydrogen) atoms. The summed E-state index contributed by atoms with van der Waals surface area (Å²) in [6.07, 6.45) is -4.72. The van der Waals surface area contributed by atoms with Gasteiger partial charge in [0.2, 0.25) is 0 Å². The van der Waals surface area contributed by atoms with Gasteiger partial charge in [0.15, 0.2) is 0 Å². The predicted octanol–water partition coefficient (Wildman–Crippen LogP) is 1.44. The fourth-order valence-corrected chi connectivity index (χ4v) is 1.80. The standard InChI is InChI=1S/C11H13F3N2O3/c1-6-8(3-4-9(17)18)7(2)16(10(19)15-6)5-11(12,13)14/h3-5H2,1-2H3,(H,17,18). The number of alkyl halides is 3. The minimum atomic E-state index is -4.53. The van der Waals surface area contributed by atoms with Gasteiger partial charge in [0, 0.05) is 17.8 Å². The lowest BCUT2D eigenvalue weighted by atomic mass is 10.1. The van der Waals surface area contributed by atoms with Crippen molar-refractivity contribution in [1.29, 1.82) is 0 Å². The second-order valence-corrected chi connectivity index (χ2v) is 4.14. The van der Waals surface area contributed by atoms with Crippen molar-refractivity contribution in [3.63, 3.8) is 0 Å². The molecule has 1 aromatic rings. The molecule has 106 valence electrons. The van der Waals surface area contributed by atoms with Crippen LogP contribution < -0.4 is 5.69 Å². The first-order valence-electron chi connectivity index (χ1n) is 5.47. The summed E-state index contributed by atoms with van der Waals surface area (Å²) < 4.78 is 37.6. The number of aryl methyl sites for hydroxylation is 1. The maximum atomic E-state index is 12.4. The third-order valence-corrected chi connectivity index (χ3v) is 2.70. The molecule has 0 fully saturated rings. The average Bonchev–Trinajstić information content (AvgIpc) is 2.22. The summed E-state index contributed by atoms with van der Waals surface area (Å²) in [5, 5.41) is 8.60. The monoisotopic (exact) mass is 278 g/mol. The Kier molecular flexibility index (Phi) is 4.33. The zero-order chi connectivity index (χ0) is 14.8. The van der Waals surface area contributed by atoms with E-state index in [1.165, 1.54) is 13.8 Å². The zero-order valence-corrected chi connectivity index (χ0v) is 10.4. The Labute approximate surface area is 106 Å². The maximum absolute atomic E-state index is 12.4. The highest BCUT2D eigenvalue weighted by Crippen LogP contribution is 2.19. The number of nitrogens with zero attached hydrogens (tertiary/aromatic N) is 2. The van der Waals surface area contributed by atoms with Gasteiger partial charge >= 0.3 is 17.8 Å². The van der Waals surface area contributed by atoms with E-state index in [1.54, 1.807) is 0 Å². The second-order valence-electron chi connectivity index (χ2n) is 4.14. The van der Waals surface area contributed by atoms with E-state index in [4.69, 9.17) is 5.11 Å². The molecule has 0 aromatic carbocycles. The van der Waals surface area contributed by atoms with E-state index < -0.39 is 24.4 Å². The van der Waals surface area contributed by atoms with Gasteiger partial charge in [0.25, 0.3) is 0 Å². The second kappa shape index (κ2) is 5.41. The van der Waals surface area contributed by atoms with Crippen LogP contribution in [0, 0.1) is 13.8 Å². The predicted molar refractivity (Wildman–Crippen MR) is 60.0 cm³/mol.